The monoisotopic (exact) mass is 301 g/mol. The van der Waals surface area contributed by atoms with Crippen LogP contribution in [0, 0.1) is 0 Å². The van der Waals surface area contributed by atoms with Gasteiger partial charge in [0.2, 0.25) is 0 Å². The molecule has 1 atom stereocenters. The fourth-order valence-corrected chi connectivity index (χ4v) is 2.91. The lowest BCUT2D eigenvalue weighted by Gasteiger charge is -2.11. The molecule has 5 nitrogen and oxygen atoms in total. The first-order valence-corrected chi connectivity index (χ1v) is 7.71. The van der Waals surface area contributed by atoms with Gasteiger partial charge in [-0.25, -0.2) is 9.78 Å². The molecule has 0 bridgehead atoms. The third-order valence-electron chi connectivity index (χ3n) is 3.48. The largest absolute Gasteiger partial charge is 0.326 e. The van der Waals surface area contributed by atoms with E-state index in [2.05, 4.69) is 10.3 Å². The van der Waals surface area contributed by atoms with Crippen molar-refractivity contribution in [3.63, 3.8) is 0 Å². The molecule has 0 spiro atoms. The zero-order valence-electron chi connectivity index (χ0n) is 11.4. The molecule has 1 aromatic heterocycles. The Bertz CT molecular complexity index is 628. The van der Waals surface area contributed by atoms with Gasteiger partial charge in [-0.1, -0.05) is 30.3 Å². The van der Waals surface area contributed by atoms with Crippen LogP contribution in [0.15, 0.2) is 41.2 Å². The lowest BCUT2D eigenvalue weighted by atomic mass is 10.1. The van der Waals surface area contributed by atoms with Crippen LogP contribution in [0.25, 0.3) is 0 Å². The summed E-state index contributed by atoms with van der Waals surface area (Å²) in [6.07, 6.45) is 1.38. The molecule has 1 aromatic carbocycles. The summed E-state index contributed by atoms with van der Waals surface area (Å²) < 4.78 is 0. The van der Waals surface area contributed by atoms with Gasteiger partial charge in [0.05, 0.1) is 17.7 Å². The van der Waals surface area contributed by atoms with Gasteiger partial charge in [-0.15, -0.1) is 11.3 Å². The molecular formula is C15H15N3O2S. The fraction of sp³-hybridized carbons (Fsp3) is 0.267. The highest BCUT2D eigenvalue weighted by atomic mass is 32.1. The maximum absolute atomic E-state index is 12.3. The molecule has 0 aliphatic carbocycles. The average Bonchev–Trinajstić information content (AvgIpc) is 3.10. The molecule has 1 aliphatic rings. The quantitative estimate of drug-likeness (QED) is 0.861. The summed E-state index contributed by atoms with van der Waals surface area (Å²) in [6, 6.07) is 9.18. The molecule has 1 aliphatic heterocycles. The molecule has 2 aromatic rings. The Morgan fingerprint density at radius 2 is 2.05 bits per heavy atom. The normalized spacial score (nSPS) is 18.1. The summed E-state index contributed by atoms with van der Waals surface area (Å²) >= 11 is 1.45. The van der Waals surface area contributed by atoms with Gasteiger partial charge in [0.15, 0.2) is 0 Å². The highest BCUT2D eigenvalue weighted by Gasteiger charge is 2.37. The lowest BCUT2D eigenvalue weighted by molar-refractivity contribution is -0.128. The van der Waals surface area contributed by atoms with Crippen LogP contribution in [0.5, 0.6) is 0 Å². The van der Waals surface area contributed by atoms with Crippen LogP contribution in [0.4, 0.5) is 4.79 Å². The van der Waals surface area contributed by atoms with Crippen LogP contribution in [-0.4, -0.2) is 27.9 Å². The molecule has 0 saturated carbocycles. The molecule has 2 heterocycles. The molecular weight excluding hydrogens is 286 g/mol. The highest BCUT2D eigenvalue weighted by molar-refractivity contribution is 7.07. The molecule has 3 rings (SSSR count). The Labute approximate surface area is 126 Å². The third-order valence-corrected chi connectivity index (χ3v) is 4.11. The second kappa shape index (κ2) is 6.05. The van der Waals surface area contributed by atoms with E-state index in [-0.39, 0.29) is 18.5 Å². The lowest BCUT2D eigenvalue weighted by Crippen LogP contribution is -2.31. The van der Waals surface area contributed by atoms with E-state index in [1.807, 2.05) is 35.7 Å². The van der Waals surface area contributed by atoms with Crippen molar-refractivity contribution in [2.24, 2.45) is 0 Å². The van der Waals surface area contributed by atoms with E-state index in [0.29, 0.717) is 6.42 Å². The minimum Gasteiger partial charge on any atom is -0.326 e. The van der Waals surface area contributed by atoms with Gasteiger partial charge in [0.25, 0.3) is 5.91 Å². The number of thiazole rings is 1. The second-order valence-corrected chi connectivity index (χ2v) is 5.65. The Morgan fingerprint density at radius 1 is 1.24 bits per heavy atom. The second-order valence-electron chi connectivity index (χ2n) is 4.93. The Kier molecular flexibility index (Phi) is 3.96. The molecule has 1 fully saturated rings. The van der Waals surface area contributed by atoms with Crippen molar-refractivity contribution in [3.8, 4) is 0 Å². The minimum atomic E-state index is -0.434. The van der Waals surface area contributed by atoms with E-state index < -0.39 is 6.04 Å². The van der Waals surface area contributed by atoms with Gasteiger partial charge >= 0.3 is 6.03 Å². The number of amides is 3. The Morgan fingerprint density at radius 3 is 2.76 bits per heavy atom. The van der Waals surface area contributed by atoms with Crippen molar-refractivity contribution in [3.05, 3.63) is 52.5 Å². The number of nitrogens with zero attached hydrogens (tertiary/aromatic N) is 2. The van der Waals surface area contributed by atoms with E-state index in [1.165, 1.54) is 16.2 Å². The molecule has 0 unspecified atom stereocenters. The Hall–Kier alpha value is -2.21. The van der Waals surface area contributed by atoms with Crippen molar-refractivity contribution in [2.45, 2.75) is 25.4 Å². The number of rotatable bonds is 5. The number of nitrogens with one attached hydrogen (secondary N) is 1. The van der Waals surface area contributed by atoms with Crippen LogP contribution in [0.1, 0.15) is 17.7 Å². The number of hydrogen-bond acceptors (Lipinski definition) is 4. The standard InChI is InChI=1S/C15H15N3O2S/c19-14-13(7-6-11-4-2-1-3-5-11)17-15(20)18(14)8-12-9-21-10-16-12/h1-5,9-10,13H,6-8H2,(H,17,20)/t13-/m0/s1. The van der Waals surface area contributed by atoms with Crippen LogP contribution in [0.2, 0.25) is 0 Å². The molecule has 1 saturated heterocycles. The first kappa shape index (κ1) is 13.8. The number of urea groups is 1. The summed E-state index contributed by atoms with van der Waals surface area (Å²) in [5, 5.41) is 4.59. The molecule has 108 valence electrons. The van der Waals surface area contributed by atoms with Crippen LogP contribution >= 0.6 is 11.3 Å². The SMILES string of the molecule is O=C1N[C@@H](CCc2ccccc2)C(=O)N1Cc1cscn1. The zero-order chi connectivity index (χ0) is 14.7. The Balaban J connectivity index is 1.61. The van der Waals surface area contributed by atoms with Gasteiger partial charge in [-0.3, -0.25) is 9.69 Å². The number of benzene rings is 1. The van der Waals surface area contributed by atoms with Gasteiger partial charge in [0.1, 0.15) is 6.04 Å². The number of aromatic nitrogens is 1. The van der Waals surface area contributed by atoms with Crippen molar-refractivity contribution in [1.29, 1.82) is 0 Å². The van der Waals surface area contributed by atoms with Crippen molar-refractivity contribution in [2.75, 3.05) is 0 Å². The van der Waals surface area contributed by atoms with E-state index in [0.717, 1.165) is 17.7 Å². The first-order valence-electron chi connectivity index (χ1n) is 6.77. The van der Waals surface area contributed by atoms with Crippen molar-refractivity contribution in [1.82, 2.24) is 15.2 Å². The molecule has 6 heteroatoms. The van der Waals surface area contributed by atoms with Gasteiger partial charge in [-0.05, 0) is 18.4 Å². The highest BCUT2D eigenvalue weighted by Crippen LogP contribution is 2.16. The number of imide groups is 1. The summed E-state index contributed by atoms with van der Waals surface area (Å²) in [5.41, 5.74) is 3.60. The smallest absolute Gasteiger partial charge is 0.325 e. The molecule has 0 radical (unpaired) electrons. The maximum atomic E-state index is 12.3. The third kappa shape index (κ3) is 3.11. The minimum absolute atomic E-state index is 0.163. The predicted molar refractivity (Wildman–Crippen MR) is 79.7 cm³/mol. The van der Waals surface area contributed by atoms with Crippen molar-refractivity contribution < 1.29 is 9.59 Å². The number of carbonyl (C=O) groups is 2. The summed E-state index contributed by atoms with van der Waals surface area (Å²) in [6.45, 7) is 0.246. The molecule has 3 amide bonds. The van der Waals surface area contributed by atoms with Crippen molar-refractivity contribution >= 4 is 23.3 Å². The summed E-state index contributed by atoms with van der Waals surface area (Å²) in [7, 11) is 0. The van der Waals surface area contributed by atoms with E-state index in [1.54, 1.807) is 5.51 Å². The van der Waals surface area contributed by atoms with E-state index in [4.69, 9.17) is 0 Å². The summed E-state index contributed by atoms with van der Waals surface area (Å²) in [5.74, 6) is -0.163. The van der Waals surface area contributed by atoms with Crippen LogP contribution in [0.3, 0.4) is 0 Å². The van der Waals surface area contributed by atoms with Crippen LogP contribution in [-0.2, 0) is 17.8 Å². The van der Waals surface area contributed by atoms with Gasteiger partial charge < -0.3 is 5.32 Å². The van der Waals surface area contributed by atoms with E-state index in [9.17, 15) is 9.59 Å². The van der Waals surface area contributed by atoms with Gasteiger partial charge in [0, 0.05) is 5.38 Å². The average molecular weight is 301 g/mol. The summed E-state index contributed by atoms with van der Waals surface area (Å²) in [4.78, 5) is 29.5. The number of aryl methyl sites for hydroxylation is 1. The predicted octanol–water partition coefficient (Wildman–Crippen LogP) is 2.20. The van der Waals surface area contributed by atoms with Gasteiger partial charge in [-0.2, -0.15) is 0 Å². The number of carbonyl (C=O) groups excluding carboxylic acids is 2. The fourth-order valence-electron chi connectivity index (χ4n) is 2.36. The topological polar surface area (TPSA) is 62.3 Å². The van der Waals surface area contributed by atoms with E-state index >= 15 is 0 Å². The molecule has 1 N–H and O–H groups in total. The zero-order valence-corrected chi connectivity index (χ0v) is 12.2. The first-order chi connectivity index (χ1) is 10.2. The molecule has 21 heavy (non-hydrogen) atoms. The number of hydrogen-bond donors (Lipinski definition) is 1. The van der Waals surface area contributed by atoms with Crippen LogP contribution < -0.4 is 5.32 Å². The maximum Gasteiger partial charge on any atom is 0.325 e.